The fourth-order valence-corrected chi connectivity index (χ4v) is 3.86. The van der Waals surface area contributed by atoms with Gasteiger partial charge in [0.2, 0.25) is 0 Å². The number of rotatable bonds is 1. The lowest BCUT2D eigenvalue weighted by atomic mass is 9.59. The highest BCUT2D eigenvalue weighted by molar-refractivity contribution is 5.19. The Morgan fingerprint density at radius 3 is 2.76 bits per heavy atom. The molecule has 0 radical (unpaired) electrons. The summed E-state index contributed by atoms with van der Waals surface area (Å²) in [4.78, 5) is 0. The van der Waals surface area contributed by atoms with Crippen LogP contribution in [0.4, 0.5) is 0 Å². The predicted octanol–water partition coefficient (Wildman–Crippen LogP) is 0.829. The van der Waals surface area contributed by atoms with Gasteiger partial charge in [-0.3, -0.25) is 0 Å². The van der Waals surface area contributed by atoms with Crippen molar-refractivity contribution in [2.24, 2.45) is 11.3 Å². The third kappa shape index (κ3) is 1.66. The molecule has 4 heteroatoms. The molecule has 3 unspecified atom stereocenters. The molecule has 0 aromatic carbocycles. The summed E-state index contributed by atoms with van der Waals surface area (Å²) in [7, 11) is 0. The van der Waals surface area contributed by atoms with E-state index in [0.29, 0.717) is 26.1 Å². The molecule has 2 fully saturated rings. The number of ether oxygens (including phenoxy) is 2. The molecule has 0 amide bonds. The van der Waals surface area contributed by atoms with Gasteiger partial charge in [0.05, 0.1) is 25.9 Å². The quantitative estimate of drug-likeness (QED) is 0.666. The topological polar surface area (TPSA) is 58.9 Å². The summed E-state index contributed by atoms with van der Waals surface area (Å²) in [5.41, 5.74) is 0.772. The van der Waals surface area contributed by atoms with E-state index >= 15 is 0 Å². The first-order valence-electron chi connectivity index (χ1n) is 6.33. The zero-order valence-corrected chi connectivity index (χ0v) is 10.2. The molecule has 0 aromatic heterocycles. The highest BCUT2D eigenvalue weighted by atomic mass is 16.7. The number of hydrogen-bond acceptors (Lipinski definition) is 4. The Balaban J connectivity index is 1.97. The lowest BCUT2D eigenvalue weighted by molar-refractivity contribution is -0.244. The first kappa shape index (κ1) is 11.7. The van der Waals surface area contributed by atoms with Crippen molar-refractivity contribution in [2.45, 2.75) is 38.1 Å². The van der Waals surface area contributed by atoms with Crippen molar-refractivity contribution >= 4 is 0 Å². The average Bonchev–Trinajstić information content (AvgIpc) is 2.71. The second kappa shape index (κ2) is 3.79. The van der Waals surface area contributed by atoms with Gasteiger partial charge < -0.3 is 19.7 Å². The summed E-state index contributed by atoms with van der Waals surface area (Å²) in [5, 5.41) is 20.1. The van der Waals surface area contributed by atoms with Crippen LogP contribution >= 0.6 is 0 Å². The number of hydrogen-bond donors (Lipinski definition) is 2. The molecule has 2 bridgehead atoms. The van der Waals surface area contributed by atoms with Crippen LogP contribution in [0.15, 0.2) is 11.6 Å². The van der Waals surface area contributed by atoms with Gasteiger partial charge in [0, 0.05) is 24.2 Å². The zero-order valence-electron chi connectivity index (χ0n) is 10.2. The first-order valence-corrected chi connectivity index (χ1v) is 6.33. The van der Waals surface area contributed by atoms with E-state index in [1.807, 2.05) is 0 Å². The van der Waals surface area contributed by atoms with Crippen LogP contribution in [0.3, 0.4) is 0 Å². The fourth-order valence-electron chi connectivity index (χ4n) is 3.86. The predicted molar refractivity (Wildman–Crippen MR) is 61.3 cm³/mol. The van der Waals surface area contributed by atoms with E-state index in [-0.39, 0.29) is 12.5 Å². The highest BCUT2D eigenvalue weighted by Gasteiger charge is 2.57. The maximum absolute atomic E-state index is 10.4. The molecule has 17 heavy (non-hydrogen) atoms. The van der Waals surface area contributed by atoms with Crippen molar-refractivity contribution in [3.63, 3.8) is 0 Å². The van der Waals surface area contributed by atoms with Gasteiger partial charge in [0.1, 0.15) is 0 Å². The number of fused-ring (bicyclic) bond motifs is 2. The average molecular weight is 240 g/mol. The van der Waals surface area contributed by atoms with Gasteiger partial charge in [-0.1, -0.05) is 11.6 Å². The number of aliphatic hydroxyl groups excluding tert-OH is 2. The van der Waals surface area contributed by atoms with Crippen LogP contribution in [-0.2, 0) is 9.47 Å². The SMILES string of the molecule is CC1=CC2CC3(CC(CO)(C1)C2O)OCCO3. The molecule has 2 aliphatic carbocycles. The summed E-state index contributed by atoms with van der Waals surface area (Å²) in [6.45, 7) is 3.29. The van der Waals surface area contributed by atoms with Crippen LogP contribution in [0.5, 0.6) is 0 Å². The van der Waals surface area contributed by atoms with Crippen molar-refractivity contribution in [2.75, 3.05) is 19.8 Å². The molecule has 96 valence electrons. The summed E-state index contributed by atoms with van der Waals surface area (Å²) in [6, 6.07) is 0. The van der Waals surface area contributed by atoms with Gasteiger partial charge in [-0.05, 0) is 13.3 Å². The smallest absolute Gasteiger partial charge is 0.169 e. The van der Waals surface area contributed by atoms with Crippen molar-refractivity contribution < 1.29 is 19.7 Å². The highest BCUT2D eigenvalue weighted by Crippen LogP contribution is 2.53. The van der Waals surface area contributed by atoms with Gasteiger partial charge in [0.25, 0.3) is 0 Å². The van der Waals surface area contributed by atoms with Crippen molar-refractivity contribution in [3.8, 4) is 0 Å². The lowest BCUT2D eigenvalue weighted by Crippen LogP contribution is -2.57. The summed E-state index contributed by atoms with van der Waals surface area (Å²) >= 11 is 0. The molecule has 1 spiro atoms. The third-order valence-corrected chi connectivity index (χ3v) is 4.46. The summed E-state index contributed by atoms with van der Waals surface area (Å²) in [6.07, 6.45) is 3.67. The van der Waals surface area contributed by atoms with Crippen LogP contribution < -0.4 is 0 Å². The largest absolute Gasteiger partial charge is 0.396 e. The minimum Gasteiger partial charge on any atom is -0.396 e. The molecule has 3 atom stereocenters. The van der Waals surface area contributed by atoms with Gasteiger partial charge in [-0.15, -0.1) is 0 Å². The van der Waals surface area contributed by atoms with Gasteiger partial charge in [-0.2, -0.15) is 0 Å². The Kier molecular flexibility index (Phi) is 2.60. The zero-order chi connectivity index (χ0) is 12.1. The molecule has 0 aromatic rings. The number of aliphatic hydroxyl groups is 2. The molecule has 1 saturated carbocycles. The maximum Gasteiger partial charge on any atom is 0.169 e. The molecule has 1 saturated heterocycles. The fraction of sp³-hybridized carbons (Fsp3) is 0.846. The molecule has 3 aliphatic rings. The Morgan fingerprint density at radius 2 is 2.12 bits per heavy atom. The van der Waals surface area contributed by atoms with Crippen LogP contribution in [-0.4, -0.2) is 41.9 Å². The summed E-state index contributed by atoms with van der Waals surface area (Å²) in [5.74, 6) is -0.521. The summed E-state index contributed by atoms with van der Waals surface area (Å²) < 4.78 is 11.5. The Labute approximate surface area is 101 Å². The maximum atomic E-state index is 10.4. The molecular formula is C13H20O4. The van der Waals surface area contributed by atoms with E-state index in [2.05, 4.69) is 13.0 Å². The van der Waals surface area contributed by atoms with E-state index in [9.17, 15) is 10.2 Å². The van der Waals surface area contributed by atoms with Gasteiger partial charge in [0.15, 0.2) is 5.79 Å². The van der Waals surface area contributed by atoms with E-state index in [4.69, 9.17) is 9.47 Å². The monoisotopic (exact) mass is 240 g/mol. The molecular weight excluding hydrogens is 220 g/mol. The molecule has 3 rings (SSSR count). The van der Waals surface area contributed by atoms with E-state index < -0.39 is 17.3 Å². The van der Waals surface area contributed by atoms with Crippen molar-refractivity contribution in [3.05, 3.63) is 11.6 Å². The molecule has 4 nitrogen and oxygen atoms in total. The van der Waals surface area contributed by atoms with Crippen LogP contribution in [0.1, 0.15) is 26.2 Å². The van der Waals surface area contributed by atoms with Gasteiger partial charge in [-0.25, -0.2) is 0 Å². The minimum absolute atomic E-state index is 0.00961. The molecule has 2 N–H and O–H groups in total. The van der Waals surface area contributed by atoms with Crippen molar-refractivity contribution in [1.82, 2.24) is 0 Å². The Hall–Kier alpha value is -0.420. The van der Waals surface area contributed by atoms with E-state index in [1.54, 1.807) is 0 Å². The first-order chi connectivity index (χ1) is 8.09. The van der Waals surface area contributed by atoms with E-state index in [0.717, 1.165) is 6.42 Å². The third-order valence-electron chi connectivity index (χ3n) is 4.46. The number of allylic oxidation sites excluding steroid dienone is 1. The van der Waals surface area contributed by atoms with Crippen LogP contribution in [0, 0.1) is 11.3 Å². The second-order valence-electron chi connectivity index (χ2n) is 5.81. The Morgan fingerprint density at radius 1 is 1.41 bits per heavy atom. The van der Waals surface area contributed by atoms with Crippen LogP contribution in [0.25, 0.3) is 0 Å². The van der Waals surface area contributed by atoms with Crippen LogP contribution in [0.2, 0.25) is 0 Å². The van der Waals surface area contributed by atoms with Crippen molar-refractivity contribution in [1.29, 1.82) is 0 Å². The second-order valence-corrected chi connectivity index (χ2v) is 5.81. The molecule has 1 heterocycles. The minimum atomic E-state index is -0.566. The standard InChI is InChI=1S/C13H20O4/c1-9-4-10-6-13(16-2-3-17-13)7-12(5-9,8-14)11(10)15/h4,10-11,14-15H,2-3,5-8H2,1H3. The Bertz CT molecular complexity index is 345. The van der Waals surface area contributed by atoms with Gasteiger partial charge >= 0.3 is 0 Å². The lowest BCUT2D eigenvalue weighted by Gasteiger charge is -2.52. The normalized spacial score (nSPS) is 43.8. The van der Waals surface area contributed by atoms with E-state index in [1.165, 1.54) is 5.57 Å². The molecule has 1 aliphatic heterocycles.